The maximum atomic E-state index is 3.76. The molecular weight excluding hydrogens is 244 g/mol. The van der Waals surface area contributed by atoms with Gasteiger partial charge < -0.3 is 5.32 Å². The summed E-state index contributed by atoms with van der Waals surface area (Å²) in [5.74, 6) is 1.71. The van der Waals surface area contributed by atoms with E-state index < -0.39 is 0 Å². The van der Waals surface area contributed by atoms with Crippen molar-refractivity contribution >= 4 is 0 Å². The lowest BCUT2D eigenvalue weighted by molar-refractivity contribution is 0.0597. The van der Waals surface area contributed by atoms with E-state index in [1.807, 2.05) is 0 Å². The molecule has 0 spiro atoms. The van der Waals surface area contributed by atoms with Gasteiger partial charge in [0.15, 0.2) is 0 Å². The predicted octanol–water partition coefficient (Wildman–Crippen LogP) is 4.30. The Balaban J connectivity index is 2.78. The lowest BCUT2D eigenvalue weighted by Gasteiger charge is -2.45. The normalized spacial score (nSPS) is 27.8. The van der Waals surface area contributed by atoms with Crippen molar-refractivity contribution in [2.24, 2.45) is 11.8 Å². The number of nitrogens with one attached hydrogen (secondary N) is 1. The van der Waals surface area contributed by atoms with Crippen molar-refractivity contribution in [1.82, 2.24) is 10.2 Å². The molecule has 0 saturated heterocycles. The van der Waals surface area contributed by atoms with Gasteiger partial charge in [0.05, 0.1) is 0 Å². The van der Waals surface area contributed by atoms with E-state index in [0.717, 1.165) is 24.4 Å². The maximum absolute atomic E-state index is 3.76. The second kappa shape index (κ2) is 9.04. The minimum atomic E-state index is 0.656. The third-order valence-corrected chi connectivity index (χ3v) is 4.75. The summed E-state index contributed by atoms with van der Waals surface area (Å²) in [6, 6.07) is 2.10. The highest BCUT2D eigenvalue weighted by Crippen LogP contribution is 2.32. The van der Waals surface area contributed by atoms with Gasteiger partial charge in [-0.15, -0.1) is 0 Å². The first-order valence-corrected chi connectivity index (χ1v) is 8.98. The van der Waals surface area contributed by atoms with Crippen LogP contribution in [0.1, 0.15) is 73.6 Å². The van der Waals surface area contributed by atoms with Crippen molar-refractivity contribution in [2.45, 2.75) is 91.8 Å². The lowest BCUT2D eigenvalue weighted by atomic mass is 9.79. The zero-order valence-corrected chi connectivity index (χ0v) is 14.8. The monoisotopic (exact) mass is 282 g/mol. The van der Waals surface area contributed by atoms with Crippen LogP contribution >= 0.6 is 0 Å². The molecular formula is C18H38N2. The average Bonchev–Trinajstić information content (AvgIpc) is 2.38. The molecule has 3 unspecified atom stereocenters. The van der Waals surface area contributed by atoms with Gasteiger partial charge in [-0.25, -0.2) is 0 Å². The first kappa shape index (κ1) is 18.0. The summed E-state index contributed by atoms with van der Waals surface area (Å²) in [4.78, 5) is 2.78. The van der Waals surface area contributed by atoms with Gasteiger partial charge in [-0.05, 0) is 51.5 Å². The minimum Gasteiger partial charge on any atom is -0.313 e. The van der Waals surface area contributed by atoms with Crippen LogP contribution in [-0.2, 0) is 0 Å². The van der Waals surface area contributed by atoms with Crippen LogP contribution in [0.15, 0.2) is 0 Å². The molecule has 1 fully saturated rings. The van der Waals surface area contributed by atoms with Crippen LogP contribution in [-0.4, -0.2) is 36.1 Å². The van der Waals surface area contributed by atoms with Crippen molar-refractivity contribution < 1.29 is 0 Å². The number of hydrogen-bond acceptors (Lipinski definition) is 2. The van der Waals surface area contributed by atoms with Gasteiger partial charge in [0.2, 0.25) is 0 Å². The molecule has 1 N–H and O–H groups in total. The third kappa shape index (κ3) is 5.37. The summed E-state index contributed by atoms with van der Waals surface area (Å²) in [7, 11) is 0. The molecule has 2 nitrogen and oxygen atoms in total. The van der Waals surface area contributed by atoms with Crippen LogP contribution in [0.4, 0.5) is 0 Å². The van der Waals surface area contributed by atoms with Crippen LogP contribution in [0.25, 0.3) is 0 Å². The van der Waals surface area contributed by atoms with Crippen molar-refractivity contribution in [3.8, 4) is 0 Å². The summed E-state index contributed by atoms with van der Waals surface area (Å²) in [6.07, 6.45) is 6.95. The fourth-order valence-electron chi connectivity index (χ4n) is 3.92. The van der Waals surface area contributed by atoms with Crippen molar-refractivity contribution in [3.05, 3.63) is 0 Å². The van der Waals surface area contributed by atoms with E-state index in [2.05, 4.69) is 51.8 Å². The number of hydrogen-bond donors (Lipinski definition) is 1. The van der Waals surface area contributed by atoms with Crippen LogP contribution in [0.5, 0.6) is 0 Å². The molecule has 2 heteroatoms. The quantitative estimate of drug-likeness (QED) is 0.714. The Bertz CT molecular complexity index is 250. The second-order valence-corrected chi connectivity index (χ2v) is 7.38. The van der Waals surface area contributed by atoms with Crippen molar-refractivity contribution in [3.63, 3.8) is 0 Å². The third-order valence-electron chi connectivity index (χ3n) is 4.75. The summed E-state index contributed by atoms with van der Waals surface area (Å²) in [5.41, 5.74) is 0. The molecule has 1 aliphatic carbocycles. The van der Waals surface area contributed by atoms with Crippen LogP contribution in [0.2, 0.25) is 0 Å². The molecule has 0 aromatic heterocycles. The smallest absolute Gasteiger partial charge is 0.0254 e. The van der Waals surface area contributed by atoms with Crippen LogP contribution < -0.4 is 5.32 Å². The standard InChI is InChI=1S/C18H38N2/c1-7-9-16-10-11-17(19-8-2)18(12-16)20(15(5)6)13-14(3)4/h14-19H,7-13H2,1-6H3. The van der Waals surface area contributed by atoms with Crippen molar-refractivity contribution in [2.75, 3.05) is 13.1 Å². The molecule has 3 atom stereocenters. The highest BCUT2D eigenvalue weighted by molar-refractivity contribution is 4.92. The Morgan fingerprint density at radius 1 is 1.10 bits per heavy atom. The van der Waals surface area contributed by atoms with E-state index in [9.17, 15) is 0 Å². The van der Waals surface area contributed by atoms with Crippen molar-refractivity contribution in [1.29, 1.82) is 0 Å². The fraction of sp³-hybridized carbons (Fsp3) is 1.00. The van der Waals surface area contributed by atoms with E-state index >= 15 is 0 Å². The van der Waals surface area contributed by atoms with E-state index in [1.54, 1.807) is 0 Å². The Labute approximate surface area is 127 Å². The number of likely N-dealkylation sites (N-methyl/N-ethyl adjacent to an activating group) is 1. The first-order chi connectivity index (χ1) is 9.49. The van der Waals surface area contributed by atoms with Gasteiger partial charge in [-0.1, -0.05) is 40.5 Å². The van der Waals surface area contributed by atoms with Crippen LogP contribution in [0.3, 0.4) is 0 Å². The van der Waals surface area contributed by atoms with Gasteiger partial charge in [0.25, 0.3) is 0 Å². The van der Waals surface area contributed by atoms with E-state index in [4.69, 9.17) is 0 Å². The molecule has 1 aliphatic rings. The van der Waals surface area contributed by atoms with Gasteiger partial charge in [0, 0.05) is 24.7 Å². The second-order valence-electron chi connectivity index (χ2n) is 7.38. The highest BCUT2D eigenvalue weighted by Gasteiger charge is 2.34. The molecule has 0 aromatic carbocycles. The Morgan fingerprint density at radius 3 is 2.30 bits per heavy atom. The topological polar surface area (TPSA) is 15.3 Å². The molecule has 0 aromatic rings. The zero-order valence-electron chi connectivity index (χ0n) is 14.8. The maximum Gasteiger partial charge on any atom is 0.0254 e. The molecule has 20 heavy (non-hydrogen) atoms. The fourth-order valence-corrected chi connectivity index (χ4v) is 3.92. The van der Waals surface area contributed by atoms with Gasteiger partial charge in [-0.2, -0.15) is 0 Å². The molecule has 0 bridgehead atoms. The van der Waals surface area contributed by atoms with Gasteiger partial charge in [-0.3, -0.25) is 4.90 Å². The Kier molecular flexibility index (Phi) is 8.13. The van der Waals surface area contributed by atoms with E-state index in [1.165, 1.54) is 38.6 Å². The molecule has 120 valence electrons. The van der Waals surface area contributed by atoms with Gasteiger partial charge >= 0.3 is 0 Å². The Hall–Kier alpha value is -0.0800. The predicted molar refractivity (Wildman–Crippen MR) is 90.2 cm³/mol. The van der Waals surface area contributed by atoms with Gasteiger partial charge in [0.1, 0.15) is 0 Å². The molecule has 1 saturated carbocycles. The summed E-state index contributed by atoms with van der Waals surface area (Å²) in [5, 5.41) is 3.76. The molecule has 1 rings (SSSR count). The minimum absolute atomic E-state index is 0.656. The number of nitrogens with zero attached hydrogens (tertiary/aromatic N) is 1. The molecule has 0 amide bonds. The molecule has 0 radical (unpaired) electrons. The summed E-state index contributed by atoms with van der Waals surface area (Å²) < 4.78 is 0. The number of rotatable bonds is 8. The molecule has 0 aliphatic heterocycles. The van der Waals surface area contributed by atoms with E-state index in [0.29, 0.717) is 12.1 Å². The average molecular weight is 283 g/mol. The molecule has 0 heterocycles. The zero-order chi connectivity index (χ0) is 15.1. The van der Waals surface area contributed by atoms with Crippen LogP contribution in [0, 0.1) is 11.8 Å². The summed E-state index contributed by atoms with van der Waals surface area (Å²) >= 11 is 0. The summed E-state index contributed by atoms with van der Waals surface area (Å²) in [6.45, 7) is 16.4. The Morgan fingerprint density at radius 2 is 1.80 bits per heavy atom. The highest BCUT2D eigenvalue weighted by atomic mass is 15.2. The SMILES string of the molecule is CCCC1CCC(NCC)C(N(CC(C)C)C(C)C)C1. The first-order valence-electron chi connectivity index (χ1n) is 8.98. The van der Waals surface area contributed by atoms with E-state index in [-0.39, 0.29) is 0 Å². The largest absolute Gasteiger partial charge is 0.313 e. The lowest BCUT2D eigenvalue weighted by Crippen LogP contribution is -2.56.